The second-order valence-corrected chi connectivity index (χ2v) is 4.75. The predicted octanol–water partition coefficient (Wildman–Crippen LogP) is 2.92. The Morgan fingerprint density at radius 3 is 2.61 bits per heavy atom. The Morgan fingerprint density at radius 2 is 2.00 bits per heavy atom. The van der Waals surface area contributed by atoms with Gasteiger partial charge in [-0.1, -0.05) is 18.9 Å². The van der Waals surface area contributed by atoms with Crippen LogP contribution in [0, 0.1) is 0 Å². The van der Waals surface area contributed by atoms with Gasteiger partial charge in [0.15, 0.2) is 0 Å². The maximum absolute atomic E-state index is 12.5. The van der Waals surface area contributed by atoms with E-state index < -0.39 is 12.5 Å². The molecule has 2 atom stereocenters. The molecule has 0 radical (unpaired) electrons. The maximum atomic E-state index is 12.5. The topological polar surface area (TPSA) is 58.3 Å². The first-order chi connectivity index (χ1) is 8.58. The molecule has 100 valence electrons. The first-order valence-electron chi connectivity index (χ1n) is 6.20. The van der Waals surface area contributed by atoms with Crippen molar-refractivity contribution in [1.82, 2.24) is 0 Å². The van der Waals surface area contributed by atoms with Crippen molar-refractivity contribution >= 4 is 11.4 Å². The number of aliphatic hydroxyl groups is 1. The zero-order valence-electron chi connectivity index (χ0n) is 10.1. The number of halogens is 2. The van der Waals surface area contributed by atoms with Crippen LogP contribution in [-0.4, -0.2) is 17.3 Å². The van der Waals surface area contributed by atoms with Crippen molar-refractivity contribution < 1.29 is 13.9 Å². The summed E-state index contributed by atoms with van der Waals surface area (Å²) in [7, 11) is 0. The van der Waals surface area contributed by atoms with E-state index in [2.05, 4.69) is 5.32 Å². The quantitative estimate of drug-likeness (QED) is 0.729. The van der Waals surface area contributed by atoms with Gasteiger partial charge in [0, 0.05) is 5.56 Å². The lowest BCUT2D eigenvalue weighted by Crippen LogP contribution is -2.36. The molecule has 1 aliphatic carbocycles. The number of anilines is 2. The Kier molecular flexibility index (Phi) is 4.01. The predicted molar refractivity (Wildman–Crippen MR) is 67.7 cm³/mol. The van der Waals surface area contributed by atoms with E-state index in [1.54, 1.807) is 6.07 Å². The van der Waals surface area contributed by atoms with E-state index in [-0.39, 0.29) is 11.6 Å². The Bertz CT molecular complexity index is 412. The van der Waals surface area contributed by atoms with Gasteiger partial charge in [-0.15, -0.1) is 0 Å². The fourth-order valence-corrected chi connectivity index (χ4v) is 2.33. The van der Waals surface area contributed by atoms with Crippen LogP contribution >= 0.6 is 0 Å². The molecule has 1 saturated carbocycles. The molecule has 4 N–H and O–H groups in total. The second kappa shape index (κ2) is 5.52. The smallest absolute Gasteiger partial charge is 0.263 e. The average molecular weight is 256 g/mol. The molecule has 5 heteroatoms. The Labute approximate surface area is 105 Å². The molecule has 2 unspecified atom stereocenters. The summed E-state index contributed by atoms with van der Waals surface area (Å²) in [6.07, 6.45) is 0.821. The number of aliphatic hydroxyl groups excluding tert-OH is 1. The van der Waals surface area contributed by atoms with Crippen molar-refractivity contribution in [2.75, 3.05) is 11.1 Å². The summed E-state index contributed by atoms with van der Waals surface area (Å²) < 4.78 is 25.0. The van der Waals surface area contributed by atoms with Gasteiger partial charge in [-0.3, -0.25) is 0 Å². The van der Waals surface area contributed by atoms with Gasteiger partial charge in [-0.05, 0) is 25.0 Å². The Hall–Kier alpha value is -1.36. The lowest BCUT2D eigenvalue weighted by atomic mass is 9.92. The Morgan fingerprint density at radius 1 is 1.28 bits per heavy atom. The number of hydrogen-bond donors (Lipinski definition) is 3. The van der Waals surface area contributed by atoms with Crippen molar-refractivity contribution in [3.05, 3.63) is 23.8 Å². The SMILES string of the molecule is Nc1cc(C(F)F)ccc1NC1CCCCC1O. The van der Waals surface area contributed by atoms with Gasteiger partial charge in [-0.25, -0.2) is 8.78 Å². The third kappa shape index (κ3) is 2.90. The van der Waals surface area contributed by atoms with E-state index >= 15 is 0 Å². The molecule has 0 amide bonds. The van der Waals surface area contributed by atoms with E-state index in [1.165, 1.54) is 12.1 Å². The zero-order valence-corrected chi connectivity index (χ0v) is 10.1. The maximum Gasteiger partial charge on any atom is 0.263 e. The van der Waals surface area contributed by atoms with Crippen LogP contribution in [0.15, 0.2) is 18.2 Å². The van der Waals surface area contributed by atoms with E-state index in [0.717, 1.165) is 25.7 Å². The summed E-state index contributed by atoms with van der Waals surface area (Å²) in [6.45, 7) is 0. The van der Waals surface area contributed by atoms with Gasteiger partial charge in [-0.2, -0.15) is 0 Å². The van der Waals surface area contributed by atoms with Crippen LogP contribution < -0.4 is 11.1 Å². The van der Waals surface area contributed by atoms with E-state index in [9.17, 15) is 13.9 Å². The van der Waals surface area contributed by atoms with Crippen LogP contribution in [0.1, 0.15) is 37.7 Å². The lowest BCUT2D eigenvalue weighted by Gasteiger charge is -2.29. The number of rotatable bonds is 3. The second-order valence-electron chi connectivity index (χ2n) is 4.75. The van der Waals surface area contributed by atoms with Gasteiger partial charge < -0.3 is 16.2 Å². The lowest BCUT2D eigenvalue weighted by molar-refractivity contribution is 0.116. The summed E-state index contributed by atoms with van der Waals surface area (Å²) >= 11 is 0. The molecule has 0 aliphatic heterocycles. The highest BCUT2D eigenvalue weighted by Crippen LogP contribution is 2.29. The fourth-order valence-electron chi connectivity index (χ4n) is 2.33. The molecule has 0 bridgehead atoms. The highest BCUT2D eigenvalue weighted by Gasteiger charge is 2.23. The van der Waals surface area contributed by atoms with Crippen molar-refractivity contribution in [2.24, 2.45) is 0 Å². The number of nitrogens with one attached hydrogen (secondary N) is 1. The molecule has 3 nitrogen and oxygen atoms in total. The molecule has 1 aromatic rings. The van der Waals surface area contributed by atoms with Crippen LogP contribution in [0.4, 0.5) is 20.2 Å². The summed E-state index contributed by atoms with van der Waals surface area (Å²) in [5, 5.41) is 13.0. The van der Waals surface area contributed by atoms with Crippen molar-refractivity contribution in [2.45, 2.75) is 44.3 Å². The van der Waals surface area contributed by atoms with Crippen molar-refractivity contribution in [3.63, 3.8) is 0 Å². The number of hydrogen-bond acceptors (Lipinski definition) is 3. The minimum atomic E-state index is -2.51. The third-order valence-electron chi connectivity index (χ3n) is 3.40. The van der Waals surface area contributed by atoms with Crippen LogP contribution in [-0.2, 0) is 0 Å². The number of alkyl halides is 2. The Balaban J connectivity index is 2.09. The molecule has 0 spiro atoms. The molecular formula is C13H18F2N2O. The summed E-state index contributed by atoms with van der Waals surface area (Å²) in [6, 6.07) is 4.15. The number of nitrogen functional groups attached to an aromatic ring is 1. The average Bonchev–Trinajstić information content (AvgIpc) is 2.34. The van der Waals surface area contributed by atoms with Crippen LogP contribution in [0.2, 0.25) is 0 Å². The van der Waals surface area contributed by atoms with Gasteiger partial charge in [0.1, 0.15) is 0 Å². The molecule has 0 saturated heterocycles. The monoisotopic (exact) mass is 256 g/mol. The number of nitrogens with two attached hydrogens (primary N) is 1. The molecule has 2 rings (SSSR count). The first kappa shape index (κ1) is 13.1. The molecule has 1 aliphatic rings. The minimum absolute atomic E-state index is 0.0431. The van der Waals surface area contributed by atoms with Crippen LogP contribution in [0.3, 0.4) is 0 Å². The molecule has 1 fully saturated rings. The van der Waals surface area contributed by atoms with Gasteiger partial charge in [0.25, 0.3) is 6.43 Å². The summed E-state index contributed by atoms with van der Waals surface area (Å²) in [5.41, 5.74) is 6.58. The molecule has 0 heterocycles. The van der Waals surface area contributed by atoms with Crippen LogP contribution in [0.25, 0.3) is 0 Å². The molecule has 0 aromatic heterocycles. The van der Waals surface area contributed by atoms with Gasteiger partial charge in [0.05, 0.1) is 23.5 Å². The molecule has 1 aromatic carbocycles. The van der Waals surface area contributed by atoms with Crippen molar-refractivity contribution in [1.29, 1.82) is 0 Å². The van der Waals surface area contributed by atoms with Crippen LogP contribution in [0.5, 0.6) is 0 Å². The van der Waals surface area contributed by atoms with E-state index in [0.29, 0.717) is 11.4 Å². The molecular weight excluding hydrogens is 238 g/mol. The summed E-state index contributed by atoms with van der Waals surface area (Å²) in [5.74, 6) is 0. The normalized spacial score (nSPS) is 24.2. The van der Waals surface area contributed by atoms with Gasteiger partial charge in [0.2, 0.25) is 0 Å². The molecule has 18 heavy (non-hydrogen) atoms. The summed E-state index contributed by atoms with van der Waals surface area (Å²) in [4.78, 5) is 0. The van der Waals surface area contributed by atoms with E-state index in [4.69, 9.17) is 5.73 Å². The van der Waals surface area contributed by atoms with E-state index in [1.807, 2.05) is 0 Å². The first-order valence-corrected chi connectivity index (χ1v) is 6.20. The standard InChI is InChI=1S/C13H18F2N2O/c14-13(15)8-5-6-10(9(16)7-8)17-11-3-1-2-4-12(11)18/h5-7,11-13,17-18H,1-4,16H2. The van der Waals surface area contributed by atoms with Gasteiger partial charge >= 0.3 is 0 Å². The van der Waals surface area contributed by atoms with Crippen molar-refractivity contribution in [3.8, 4) is 0 Å². The number of benzene rings is 1. The highest BCUT2D eigenvalue weighted by molar-refractivity contribution is 5.67. The minimum Gasteiger partial charge on any atom is -0.397 e. The zero-order chi connectivity index (χ0) is 13.1. The third-order valence-corrected chi connectivity index (χ3v) is 3.40. The largest absolute Gasteiger partial charge is 0.397 e. The fraction of sp³-hybridized carbons (Fsp3) is 0.538. The highest BCUT2D eigenvalue weighted by atomic mass is 19.3.